The van der Waals surface area contributed by atoms with E-state index < -0.39 is 0 Å². The molecule has 0 atom stereocenters. The summed E-state index contributed by atoms with van der Waals surface area (Å²) in [5, 5.41) is 4.59. The minimum atomic E-state index is -0.209. The molecule has 4 nitrogen and oxygen atoms in total. The number of nitrogens with one attached hydrogen (secondary N) is 1. The maximum atomic E-state index is 12.0. The van der Waals surface area contributed by atoms with Gasteiger partial charge in [0.1, 0.15) is 12.0 Å². The number of amides is 1. The SMILES string of the molecule is CCOc1ccc(C=O)cc1NC(=O)c1cccs1. The molecule has 2 rings (SSSR count). The summed E-state index contributed by atoms with van der Waals surface area (Å²) < 4.78 is 5.43. The third-order valence-corrected chi connectivity index (χ3v) is 3.30. The second-order valence-corrected chi connectivity index (χ2v) is 4.69. The molecule has 0 saturated heterocycles. The van der Waals surface area contributed by atoms with Crippen LogP contribution in [0, 0.1) is 0 Å². The fourth-order valence-corrected chi connectivity index (χ4v) is 2.21. The lowest BCUT2D eigenvalue weighted by atomic mass is 10.2. The van der Waals surface area contributed by atoms with Gasteiger partial charge in [0.05, 0.1) is 17.2 Å². The lowest BCUT2D eigenvalue weighted by Crippen LogP contribution is -2.11. The van der Waals surface area contributed by atoms with Crippen molar-refractivity contribution in [3.8, 4) is 5.75 Å². The molecule has 19 heavy (non-hydrogen) atoms. The Labute approximate surface area is 115 Å². The summed E-state index contributed by atoms with van der Waals surface area (Å²) in [7, 11) is 0. The quantitative estimate of drug-likeness (QED) is 0.852. The van der Waals surface area contributed by atoms with Crippen molar-refractivity contribution in [2.45, 2.75) is 6.92 Å². The topological polar surface area (TPSA) is 55.4 Å². The van der Waals surface area contributed by atoms with Crippen molar-refractivity contribution in [1.29, 1.82) is 0 Å². The van der Waals surface area contributed by atoms with Crippen LogP contribution in [0.5, 0.6) is 5.75 Å². The Morgan fingerprint density at radius 2 is 2.26 bits per heavy atom. The van der Waals surface area contributed by atoms with E-state index in [0.29, 0.717) is 28.5 Å². The average Bonchev–Trinajstić information content (AvgIpc) is 2.95. The van der Waals surface area contributed by atoms with Crippen LogP contribution >= 0.6 is 11.3 Å². The predicted octanol–water partition coefficient (Wildman–Crippen LogP) is 3.21. The highest BCUT2D eigenvalue weighted by atomic mass is 32.1. The van der Waals surface area contributed by atoms with Gasteiger partial charge in [-0.1, -0.05) is 6.07 Å². The van der Waals surface area contributed by atoms with Crippen LogP contribution in [0.1, 0.15) is 27.0 Å². The average molecular weight is 275 g/mol. The Bertz CT molecular complexity index is 578. The number of carbonyl (C=O) groups is 2. The van der Waals surface area contributed by atoms with Gasteiger partial charge in [0, 0.05) is 5.56 Å². The first-order valence-electron chi connectivity index (χ1n) is 5.81. The molecule has 0 bridgehead atoms. The highest BCUT2D eigenvalue weighted by molar-refractivity contribution is 7.12. The molecular formula is C14H13NO3S. The monoisotopic (exact) mass is 275 g/mol. The molecule has 0 radical (unpaired) electrons. The molecule has 0 fully saturated rings. The maximum Gasteiger partial charge on any atom is 0.265 e. The fourth-order valence-electron chi connectivity index (χ4n) is 1.59. The number of thiophene rings is 1. The number of rotatable bonds is 5. The fraction of sp³-hybridized carbons (Fsp3) is 0.143. The molecule has 1 amide bonds. The smallest absolute Gasteiger partial charge is 0.265 e. The number of hydrogen-bond acceptors (Lipinski definition) is 4. The van der Waals surface area contributed by atoms with Gasteiger partial charge < -0.3 is 10.1 Å². The molecule has 1 N–H and O–H groups in total. The first-order chi connectivity index (χ1) is 9.24. The van der Waals surface area contributed by atoms with Crippen LogP contribution in [-0.2, 0) is 0 Å². The molecule has 1 heterocycles. The van der Waals surface area contributed by atoms with Gasteiger partial charge in [-0.25, -0.2) is 0 Å². The van der Waals surface area contributed by atoms with Crippen LogP contribution in [0.4, 0.5) is 5.69 Å². The largest absolute Gasteiger partial charge is 0.492 e. The van der Waals surface area contributed by atoms with Gasteiger partial charge in [-0.2, -0.15) is 0 Å². The highest BCUT2D eigenvalue weighted by Crippen LogP contribution is 2.26. The first-order valence-corrected chi connectivity index (χ1v) is 6.69. The lowest BCUT2D eigenvalue weighted by Gasteiger charge is -2.11. The Morgan fingerprint density at radius 3 is 2.89 bits per heavy atom. The molecule has 98 valence electrons. The van der Waals surface area contributed by atoms with Gasteiger partial charge in [0.25, 0.3) is 5.91 Å². The maximum absolute atomic E-state index is 12.0. The van der Waals surface area contributed by atoms with Crippen LogP contribution in [-0.4, -0.2) is 18.8 Å². The van der Waals surface area contributed by atoms with E-state index in [2.05, 4.69) is 5.32 Å². The summed E-state index contributed by atoms with van der Waals surface area (Å²) in [4.78, 5) is 23.4. The molecule has 2 aromatic rings. The summed E-state index contributed by atoms with van der Waals surface area (Å²) in [6.45, 7) is 2.35. The summed E-state index contributed by atoms with van der Waals surface area (Å²) in [5.41, 5.74) is 0.995. The zero-order valence-electron chi connectivity index (χ0n) is 10.4. The van der Waals surface area contributed by atoms with Crippen LogP contribution in [0.2, 0.25) is 0 Å². The first kappa shape index (κ1) is 13.3. The van der Waals surface area contributed by atoms with Crippen molar-refractivity contribution >= 4 is 29.2 Å². The molecule has 0 aliphatic carbocycles. The summed E-state index contributed by atoms with van der Waals surface area (Å²) in [5.74, 6) is 0.344. The van der Waals surface area contributed by atoms with Crippen LogP contribution in [0.15, 0.2) is 35.7 Å². The summed E-state index contributed by atoms with van der Waals surface area (Å²) in [6.07, 6.45) is 0.733. The van der Waals surface area contributed by atoms with E-state index in [1.807, 2.05) is 18.4 Å². The van der Waals surface area contributed by atoms with Crippen molar-refractivity contribution in [3.63, 3.8) is 0 Å². The Balaban J connectivity index is 2.26. The number of hydrogen-bond donors (Lipinski definition) is 1. The highest BCUT2D eigenvalue weighted by Gasteiger charge is 2.11. The molecule has 0 aliphatic heterocycles. The minimum absolute atomic E-state index is 0.209. The van der Waals surface area contributed by atoms with Crippen molar-refractivity contribution in [2.75, 3.05) is 11.9 Å². The van der Waals surface area contributed by atoms with Gasteiger partial charge >= 0.3 is 0 Å². The van der Waals surface area contributed by atoms with E-state index in [9.17, 15) is 9.59 Å². The Morgan fingerprint density at radius 1 is 1.42 bits per heavy atom. The molecule has 5 heteroatoms. The van der Waals surface area contributed by atoms with Gasteiger partial charge in [-0.15, -0.1) is 11.3 Å². The number of anilines is 1. The third-order valence-electron chi connectivity index (χ3n) is 2.43. The van der Waals surface area contributed by atoms with Crippen LogP contribution < -0.4 is 10.1 Å². The second-order valence-electron chi connectivity index (χ2n) is 3.74. The van der Waals surface area contributed by atoms with Crippen LogP contribution in [0.3, 0.4) is 0 Å². The Kier molecular flexibility index (Phi) is 4.30. The van der Waals surface area contributed by atoms with E-state index in [1.54, 1.807) is 24.3 Å². The van der Waals surface area contributed by atoms with Gasteiger partial charge in [0.2, 0.25) is 0 Å². The van der Waals surface area contributed by atoms with Crippen molar-refractivity contribution in [1.82, 2.24) is 0 Å². The molecule has 0 saturated carbocycles. The number of carbonyl (C=O) groups excluding carboxylic acids is 2. The normalized spacial score (nSPS) is 9.95. The van der Waals surface area contributed by atoms with Gasteiger partial charge in [-0.05, 0) is 36.6 Å². The van der Waals surface area contributed by atoms with Crippen molar-refractivity contribution in [3.05, 3.63) is 46.2 Å². The Hall–Kier alpha value is -2.14. The van der Waals surface area contributed by atoms with Crippen LogP contribution in [0.25, 0.3) is 0 Å². The van der Waals surface area contributed by atoms with E-state index in [-0.39, 0.29) is 5.91 Å². The van der Waals surface area contributed by atoms with E-state index in [4.69, 9.17) is 4.74 Å². The van der Waals surface area contributed by atoms with Crippen molar-refractivity contribution < 1.29 is 14.3 Å². The molecular weight excluding hydrogens is 262 g/mol. The van der Waals surface area contributed by atoms with Gasteiger partial charge in [0.15, 0.2) is 0 Å². The van der Waals surface area contributed by atoms with Crippen molar-refractivity contribution in [2.24, 2.45) is 0 Å². The zero-order valence-corrected chi connectivity index (χ0v) is 11.2. The van der Waals surface area contributed by atoms with E-state index in [0.717, 1.165) is 6.29 Å². The third kappa shape index (κ3) is 3.20. The summed E-state index contributed by atoms with van der Waals surface area (Å²) in [6, 6.07) is 8.48. The molecule has 1 aromatic heterocycles. The van der Waals surface area contributed by atoms with E-state index >= 15 is 0 Å². The number of aldehydes is 1. The number of benzene rings is 1. The zero-order chi connectivity index (χ0) is 13.7. The molecule has 1 aromatic carbocycles. The summed E-state index contributed by atoms with van der Waals surface area (Å²) >= 11 is 1.36. The minimum Gasteiger partial charge on any atom is -0.492 e. The molecule has 0 spiro atoms. The standard InChI is InChI=1S/C14H13NO3S/c1-2-18-12-6-5-10(9-16)8-11(12)15-14(17)13-4-3-7-19-13/h3-9H,2H2,1H3,(H,15,17). The van der Waals surface area contributed by atoms with E-state index in [1.165, 1.54) is 11.3 Å². The number of ether oxygens (including phenoxy) is 1. The predicted molar refractivity (Wildman–Crippen MR) is 75.3 cm³/mol. The lowest BCUT2D eigenvalue weighted by molar-refractivity contribution is 0.102. The van der Waals surface area contributed by atoms with Gasteiger partial charge in [-0.3, -0.25) is 9.59 Å². The second kappa shape index (κ2) is 6.15. The molecule has 0 unspecified atom stereocenters. The molecule has 0 aliphatic rings.